The average molecular weight is 435 g/mol. The highest BCUT2D eigenvalue weighted by atomic mass is 79.9. The molecule has 0 unspecified atom stereocenters. The van der Waals surface area contributed by atoms with Gasteiger partial charge < -0.3 is 19.7 Å². The van der Waals surface area contributed by atoms with Crippen molar-refractivity contribution in [1.29, 1.82) is 0 Å². The topological polar surface area (TPSA) is 33.7 Å². The SMILES string of the molecule is CCN(CC)CCCNCc1cc(OC)c(OCc2ccccc2)cc1Br. The summed E-state index contributed by atoms with van der Waals surface area (Å²) in [7, 11) is 1.68. The molecule has 5 heteroatoms. The molecule has 0 bridgehead atoms. The van der Waals surface area contributed by atoms with Crippen LogP contribution in [0.5, 0.6) is 11.5 Å². The molecule has 0 fully saturated rings. The van der Waals surface area contributed by atoms with E-state index < -0.39 is 0 Å². The highest BCUT2D eigenvalue weighted by molar-refractivity contribution is 9.10. The summed E-state index contributed by atoms with van der Waals surface area (Å²) in [5, 5.41) is 3.52. The largest absolute Gasteiger partial charge is 0.493 e. The van der Waals surface area contributed by atoms with Gasteiger partial charge in [0, 0.05) is 11.0 Å². The lowest BCUT2D eigenvalue weighted by Gasteiger charge is -2.18. The van der Waals surface area contributed by atoms with Crippen molar-refractivity contribution in [2.75, 3.05) is 33.3 Å². The van der Waals surface area contributed by atoms with Crippen LogP contribution in [0.25, 0.3) is 0 Å². The van der Waals surface area contributed by atoms with Gasteiger partial charge in [0.2, 0.25) is 0 Å². The van der Waals surface area contributed by atoms with Gasteiger partial charge in [-0.15, -0.1) is 0 Å². The van der Waals surface area contributed by atoms with Crippen LogP contribution < -0.4 is 14.8 Å². The molecule has 2 rings (SSSR count). The average Bonchev–Trinajstić information content (AvgIpc) is 2.71. The lowest BCUT2D eigenvalue weighted by molar-refractivity contribution is 0.284. The fourth-order valence-corrected chi connectivity index (χ4v) is 3.37. The number of hydrogen-bond donors (Lipinski definition) is 1. The molecule has 0 saturated heterocycles. The van der Waals surface area contributed by atoms with Crippen molar-refractivity contribution < 1.29 is 9.47 Å². The van der Waals surface area contributed by atoms with Crippen LogP contribution >= 0.6 is 15.9 Å². The Morgan fingerprint density at radius 1 is 1.04 bits per heavy atom. The van der Waals surface area contributed by atoms with Crippen molar-refractivity contribution in [3.05, 3.63) is 58.1 Å². The zero-order valence-electron chi connectivity index (χ0n) is 16.6. The van der Waals surface area contributed by atoms with E-state index in [1.165, 1.54) is 5.56 Å². The molecular weight excluding hydrogens is 404 g/mol. The molecule has 0 radical (unpaired) electrons. The summed E-state index contributed by atoms with van der Waals surface area (Å²) in [6, 6.07) is 14.2. The van der Waals surface area contributed by atoms with Gasteiger partial charge in [0.25, 0.3) is 0 Å². The van der Waals surface area contributed by atoms with Crippen LogP contribution in [-0.4, -0.2) is 38.2 Å². The van der Waals surface area contributed by atoms with Crippen molar-refractivity contribution in [1.82, 2.24) is 10.2 Å². The summed E-state index contributed by atoms with van der Waals surface area (Å²) in [6.45, 7) is 10.1. The van der Waals surface area contributed by atoms with Gasteiger partial charge in [0.05, 0.1) is 7.11 Å². The number of nitrogens with zero attached hydrogens (tertiary/aromatic N) is 1. The van der Waals surface area contributed by atoms with Crippen LogP contribution in [0.4, 0.5) is 0 Å². The molecule has 2 aromatic carbocycles. The maximum Gasteiger partial charge on any atom is 0.162 e. The summed E-state index contributed by atoms with van der Waals surface area (Å²) in [6.07, 6.45) is 1.15. The number of methoxy groups -OCH3 is 1. The lowest BCUT2D eigenvalue weighted by atomic mass is 10.2. The Kier molecular flexibility index (Phi) is 9.67. The van der Waals surface area contributed by atoms with E-state index in [0.29, 0.717) is 6.61 Å². The Labute approximate surface area is 172 Å². The van der Waals surface area contributed by atoms with Gasteiger partial charge in [-0.05, 0) is 55.9 Å². The van der Waals surface area contributed by atoms with Crippen LogP contribution in [0, 0.1) is 0 Å². The number of benzene rings is 2. The van der Waals surface area contributed by atoms with Gasteiger partial charge in [-0.1, -0.05) is 60.1 Å². The summed E-state index contributed by atoms with van der Waals surface area (Å²) in [5.41, 5.74) is 2.30. The molecule has 0 saturated carbocycles. The van der Waals surface area contributed by atoms with Crippen molar-refractivity contribution in [2.45, 2.75) is 33.4 Å². The smallest absolute Gasteiger partial charge is 0.162 e. The monoisotopic (exact) mass is 434 g/mol. The number of nitrogens with one attached hydrogen (secondary N) is 1. The molecule has 1 N–H and O–H groups in total. The van der Waals surface area contributed by atoms with E-state index in [1.54, 1.807) is 7.11 Å². The van der Waals surface area contributed by atoms with Crippen molar-refractivity contribution in [3.8, 4) is 11.5 Å². The van der Waals surface area contributed by atoms with Crippen molar-refractivity contribution >= 4 is 15.9 Å². The molecule has 27 heavy (non-hydrogen) atoms. The quantitative estimate of drug-likeness (QED) is 0.483. The first kappa shape index (κ1) is 21.7. The normalized spacial score (nSPS) is 11.0. The fourth-order valence-electron chi connectivity index (χ4n) is 2.91. The van der Waals surface area contributed by atoms with E-state index in [0.717, 1.165) is 60.7 Å². The molecule has 4 nitrogen and oxygen atoms in total. The third-order valence-corrected chi connectivity index (χ3v) is 5.35. The summed E-state index contributed by atoms with van der Waals surface area (Å²) < 4.78 is 12.5. The maximum absolute atomic E-state index is 5.96. The lowest BCUT2D eigenvalue weighted by Crippen LogP contribution is -2.27. The van der Waals surface area contributed by atoms with E-state index in [-0.39, 0.29) is 0 Å². The van der Waals surface area contributed by atoms with Gasteiger partial charge in [-0.3, -0.25) is 0 Å². The molecule has 0 heterocycles. The molecule has 0 spiro atoms. The number of halogens is 1. The molecule has 0 atom stereocenters. The summed E-state index contributed by atoms with van der Waals surface area (Å²) in [4.78, 5) is 2.44. The number of rotatable bonds is 12. The van der Waals surface area contributed by atoms with Crippen molar-refractivity contribution in [3.63, 3.8) is 0 Å². The van der Waals surface area contributed by atoms with Crippen LogP contribution in [-0.2, 0) is 13.2 Å². The fraction of sp³-hybridized carbons (Fsp3) is 0.455. The second-order valence-electron chi connectivity index (χ2n) is 6.43. The molecule has 0 aliphatic rings. The van der Waals surface area contributed by atoms with Crippen LogP contribution in [0.3, 0.4) is 0 Å². The second-order valence-corrected chi connectivity index (χ2v) is 7.28. The minimum Gasteiger partial charge on any atom is -0.493 e. The maximum atomic E-state index is 5.96. The molecule has 2 aromatic rings. The predicted octanol–water partition coefficient (Wildman–Crippen LogP) is 4.86. The molecule has 0 aliphatic heterocycles. The standard InChI is InChI=1S/C22H31BrN2O2/c1-4-25(5-2)13-9-12-24-16-19-14-21(26-3)22(15-20(19)23)27-17-18-10-7-6-8-11-18/h6-8,10-11,14-15,24H,4-5,9,12-13,16-17H2,1-3H3. The minimum atomic E-state index is 0.520. The van der Waals surface area contributed by atoms with Crippen LogP contribution in [0.2, 0.25) is 0 Å². The van der Waals surface area contributed by atoms with Gasteiger partial charge in [0.15, 0.2) is 11.5 Å². The van der Waals surface area contributed by atoms with Crippen LogP contribution in [0.1, 0.15) is 31.4 Å². The minimum absolute atomic E-state index is 0.520. The first-order valence-electron chi connectivity index (χ1n) is 9.64. The molecule has 0 aliphatic carbocycles. The highest BCUT2D eigenvalue weighted by Crippen LogP contribution is 2.34. The van der Waals surface area contributed by atoms with E-state index in [9.17, 15) is 0 Å². The Bertz CT molecular complexity index is 676. The highest BCUT2D eigenvalue weighted by Gasteiger charge is 2.11. The van der Waals surface area contributed by atoms with E-state index >= 15 is 0 Å². The van der Waals surface area contributed by atoms with Gasteiger partial charge in [0.1, 0.15) is 6.61 Å². The van der Waals surface area contributed by atoms with Gasteiger partial charge >= 0.3 is 0 Å². The molecular formula is C22H31BrN2O2. The third kappa shape index (κ3) is 7.17. The molecule has 148 valence electrons. The Hall–Kier alpha value is -1.56. The molecule has 0 amide bonds. The van der Waals surface area contributed by atoms with E-state index in [2.05, 4.69) is 52.1 Å². The molecule has 0 aromatic heterocycles. The Morgan fingerprint density at radius 3 is 2.44 bits per heavy atom. The predicted molar refractivity (Wildman–Crippen MR) is 116 cm³/mol. The first-order chi connectivity index (χ1) is 13.2. The van der Waals surface area contributed by atoms with E-state index in [4.69, 9.17) is 9.47 Å². The zero-order chi connectivity index (χ0) is 19.5. The van der Waals surface area contributed by atoms with E-state index in [1.807, 2.05) is 30.3 Å². The zero-order valence-corrected chi connectivity index (χ0v) is 18.2. The Balaban J connectivity index is 1.88. The third-order valence-electron chi connectivity index (χ3n) is 4.61. The van der Waals surface area contributed by atoms with Crippen molar-refractivity contribution in [2.24, 2.45) is 0 Å². The summed E-state index contributed by atoms with van der Waals surface area (Å²) in [5.74, 6) is 1.51. The van der Waals surface area contributed by atoms with Gasteiger partial charge in [-0.2, -0.15) is 0 Å². The van der Waals surface area contributed by atoms with Crippen LogP contribution in [0.15, 0.2) is 46.9 Å². The number of ether oxygens (including phenoxy) is 2. The Morgan fingerprint density at radius 2 is 1.78 bits per heavy atom. The second kappa shape index (κ2) is 12.0. The first-order valence-corrected chi connectivity index (χ1v) is 10.4. The summed E-state index contributed by atoms with van der Waals surface area (Å²) >= 11 is 3.67. The van der Waals surface area contributed by atoms with Gasteiger partial charge in [-0.25, -0.2) is 0 Å². The number of hydrogen-bond acceptors (Lipinski definition) is 4.